The Balaban J connectivity index is 2.09. The Bertz CT molecular complexity index is 466. The van der Waals surface area contributed by atoms with Gasteiger partial charge in [0.2, 0.25) is 5.91 Å². The maximum atomic E-state index is 12.0. The molecule has 2 rings (SSSR count). The minimum Gasteiger partial charge on any atom is -0.478 e. The van der Waals surface area contributed by atoms with Crippen LogP contribution in [-0.4, -0.2) is 33.9 Å². The van der Waals surface area contributed by atoms with E-state index in [0.29, 0.717) is 10.7 Å². The summed E-state index contributed by atoms with van der Waals surface area (Å²) in [4.78, 5) is 23.0. The Labute approximate surface area is 109 Å². The van der Waals surface area contributed by atoms with Crippen molar-refractivity contribution in [3.63, 3.8) is 0 Å². The first-order chi connectivity index (χ1) is 8.59. The Morgan fingerprint density at radius 1 is 1.50 bits per heavy atom. The van der Waals surface area contributed by atoms with Gasteiger partial charge in [-0.1, -0.05) is 6.42 Å². The van der Waals surface area contributed by atoms with Gasteiger partial charge in [0.15, 0.2) is 0 Å². The number of nitrogens with zero attached hydrogens (tertiary/aromatic N) is 1. The van der Waals surface area contributed by atoms with Crippen LogP contribution in [-0.2, 0) is 4.79 Å². The van der Waals surface area contributed by atoms with Crippen molar-refractivity contribution in [2.45, 2.75) is 32.2 Å². The number of rotatable bonds is 3. The molecule has 2 heterocycles. The van der Waals surface area contributed by atoms with Crippen molar-refractivity contribution in [2.24, 2.45) is 0 Å². The molecular weight excluding hydrogens is 254 g/mol. The number of aryl methyl sites for hydroxylation is 1. The summed E-state index contributed by atoms with van der Waals surface area (Å²) < 4.78 is 3.96. The molecule has 0 saturated carbocycles. The van der Waals surface area contributed by atoms with E-state index in [9.17, 15) is 9.59 Å². The molecule has 1 fully saturated rings. The summed E-state index contributed by atoms with van der Waals surface area (Å²) in [5, 5.41) is 15.2. The van der Waals surface area contributed by atoms with Crippen LogP contribution in [0.3, 0.4) is 0 Å². The highest BCUT2D eigenvalue weighted by molar-refractivity contribution is 7.11. The van der Waals surface area contributed by atoms with Crippen LogP contribution < -0.4 is 10.6 Å². The van der Waals surface area contributed by atoms with Crippen LogP contribution in [0.2, 0.25) is 0 Å². The quantitative estimate of drug-likeness (QED) is 0.767. The fourth-order valence-corrected chi connectivity index (χ4v) is 2.77. The topological polar surface area (TPSA) is 91.3 Å². The van der Waals surface area contributed by atoms with Crippen molar-refractivity contribution >= 4 is 28.4 Å². The molecule has 0 bridgehead atoms. The smallest absolute Gasteiger partial charge is 0.340 e. The molecule has 6 nitrogen and oxygen atoms in total. The van der Waals surface area contributed by atoms with E-state index in [4.69, 9.17) is 5.11 Å². The van der Waals surface area contributed by atoms with E-state index < -0.39 is 5.97 Å². The van der Waals surface area contributed by atoms with Gasteiger partial charge in [0.1, 0.15) is 10.6 Å². The van der Waals surface area contributed by atoms with Crippen molar-refractivity contribution in [2.75, 3.05) is 11.9 Å². The number of carboxylic acid groups (broad SMARTS) is 1. The standard InChI is InChI=1S/C11H15N3O3S/c1-6-8(11(16)17)10(18-14-6)13-9(15)7-4-2-3-5-12-7/h7,12H,2-5H2,1H3,(H,13,15)(H,16,17). The largest absolute Gasteiger partial charge is 0.478 e. The van der Waals surface area contributed by atoms with Crippen LogP contribution in [0.1, 0.15) is 35.3 Å². The third kappa shape index (κ3) is 2.68. The van der Waals surface area contributed by atoms with Crippen molar-refractivity contribution < 1.29 is 14.7 Å². The maximum absolute atomic E-state index is 12.0. The molecule has 1 unspecified atom stereocenters. The number of carbonyl (C=O) groups excluding carboxylic acids is 1. The zero-order valence-corrected chi connectivity index (χ0v) is 10.8. The Kier molecular flexibility index (Phi) is 3.93. The summed E-state index contributed by atoms with van der Waals surface area (Å²) in [6.07, 6.45) is 2.87. The van der Waals surface area contributed by atoms with Crippen molar-refractivity contribution in [1.82, 2.24) is 9.69 Å². The maximum Gasteiger partial charge on any atom is 0.340 e. The predicted molar refractivity (Wildman–Crippen MR) is 68.1 cm³/mol. The van der Waals surface area contributed by atoms with Gasteiger partial charge in [-0.25, -0.2) is 4.79 Å². The van der Waals surface area contributed by atoms with Crippen molar-refractivity contribution in [3.8, 4) is 0 Å². The van der Waals surface area contributed by atoms with Gasteiger partial charge >= 0.3 is 5.97 Å². The first-order valence-electron chi connectivity index (χ1n) is 5.83. The fraction of sp³-hybridized carbons (Fsp3) is 0.545. The van der Waals surface area contributed by atoms with Gasteiger partial charge in [0, 0.05) is 0 Å². The normalized spacial score (nSPS) is 19.5. The highest BCUT2D eigenvalue weighted by Gasteiger charge is 2.24. The Morgan fingerprint density at radius 2 is 2.28 bits per heavy atom. The van der Waals surface area contributed by atoms with Gasteiger partial charge in [-0.15, -0.1) is 0 Å². The molecule has 1 aromatic heterocycles. The number of carboxylic acids is 1. The monoisotopic (exact) mass is 269 g/mol. The average Bonchev–Trinajstić information content (AvgIpc) is 2.71. The van der Waals surface area contributed by atoms with Gasteiger partial charge < -0.3 is 15.7 Å². The second kappa shape index (κ2) is 5.45. The van der Waals surface area contributed by atoms with E-state index >= 15 is 0 Å². The lowest BCUT2D eigenvalue weighted by molar-refractivity contribution is -0.118. The third-order valence-corrected chi connectivity index (χ3v) is 3.79. The fourth-order valence-electron chi connectivity index (χ4n) is 1.98. The van der Waals surface area contributed by atoms with E-state index in [-0.39, 0.29) is 17.5 Å². The first kappa shape index (κ1) is 13.0. The number of hydrogen-bond acceptors (Lipinski definition) is 5. The van der Waals surface area contributed by atoms with Gasteiger partial charge in [0.05, 0.1) is 11.7 Å². The van der Waals surface area contributed by atoms with Crippen LogP contribution in [0.4, 0.5) is 5.00 Å². The van der Waals surface area contributed by atoms with Gasteiger partial charge in [-0.05, 0) is 37.8 Å². The number of nitrogens with one attached hydrogen (secondary N) is 2. The number of hydrogen-bond donors (Lipinski definition) is 3. The predicted octanol–water partition coefficient (Wildman–Crippen LogP) is 1.23. The molecule has 1 amide bonds. The highest BCUT2D eigenvalue weighted by Crippen LogP contribution is 2.24. The molecule has 1 aromatic rings. The van der Waals surface area contributed by atoms with Crippen LogP contribution in [0.25, 0.3) is 0 Å². The lowest BCUT2D eigenvalue weighted by Gasteiger charge is -2.22. The summed E-state index contributed by atoms with van der Waals surface area (Å²) in [5.74, 6) is -1.24. The highest BCUT2D eigenvalue weighted by atomic mass is 32.1. The van der Waals surface area contributed by atoms with Crippen LogP contribution in [0, 0.1) is 6.92 Å². The number of anilines is 1. The molecule has 0 aliphatic carbocycles. The summed E-state index contributed by atoms with van der Waals surface area (Å²) in [6, 6.07) is -0.234. The van der Waals surface area contributed by atoms with Crippen molar-refractivity contribution in [3.05, 3.63) is 11.3 Å². The molecule has 7 heteroatoms. The van der Waals surface area contributed by atoms with E-state index in [1.807, 2.05) is 0 Å². The molecule has 0 radical (unpaired) electrons. The second-order valence-electron chi connectivity index (χ2n) is 4.27. The van der Waals surface area contributed by atoms with Gasteiger partial charge in [0.25, 0.3) is 0 Å². The zero-order valence-electron chi connectivity index (χ0n) is 10.0. The molecule has 0 aromatic carbocycles. The molecule has 1 aliphatic heterocycles. The SMILES string of the molecule is Cc1nsc(NC(=O)C2CCCCN2)c1C(=O)O. The number of aromatic carboxylic acids is 1. The number of carbonyl (C=O) groups is 2. The molecule has 1 aliphatic rings. The minimum atomic E-state index is -1.06. The van der Waals surface area contributed by atoms with Crippen molar-refractivity contribution in [1.29, 1.82) is 0 Å². The minimum absolute atomic E-state index is 0.0872. The Hall–Kier alpha value is -1.47. The molecular formula is C11H15N3O3S. The first-order valence-corrected chi connectivity index (χ1v) is 6.60. The lowest BCUT2D eigenvalue weighted by atomic mass is 10.0. The molecule has 18 heavy (non-hydrogen) atoms. The third-order valence-electron chi connectivity index (χ3n) is 2.94. The van der Waals surface area contributed by atoms with Gasteiger partial charge in [-0.3, -0.25) is 4.79 Å². The van der Waals surface area contributed by atoms with E-state index in [0.717, 1.165) is 37.3 Å². The van der Waals surface area contributed by atoms with E-state index in [1.54, 1.807) is 6.92 Å². The van der Waals surface area contributed by atoms with Crippen LogP contribution >= 0.6 is 11.5 Å². The number of amides is 1. The van der Waals surface area contributed by atoms with E-state index in [1.165, 1.54) is 0 Å². The molecule has 1 saturated heterocycles. The van der Waals surface area contributed by atoms with E-state index in [2.05, 4.69) is 15.0 Å². The number of aromatic nitrogens is 1. The number of piperidine rings is 1. The molecule has 0 spiro atoms. The molecule has 1 atom stereocenters. The Morgan fingerprint density at radius 3 is 2.89 bits per heavy atom. The van der Waals surface area contributed by atoms with Crippen LogP contribution in [0.15, 0.2) is 0 Å². The summed E-state index contributed by atoms with van der Waals surface area (Å²) >= 11 is 1.01. The zero-order chi connectivity index (χ0) is 13.1. The summed E-state index contributed by atoms with van der Waals surface area (Å²) in [6.45, 7) is 2.44. The van der Waals surface area contributed by atoms with Gasteiger partial charge in [-0.2, -0.15) is 4.37 Å². The summed E-state index contributed by atoms with van der Waals surface area (Å²) in [7, 11) is 0. The summed E-state index contributed by atoms with van der Waals surface area (Å²) in [5.41, 5.74) is 0.517. The van der Waals surface area contributed by atoms with Crippen LogP contribution in [0.5, 0.6) is 0 Å². The molecule has 98 valence electrons. The average molecular weight is 269 g/mol. The second-order valence-corrected chi connectivity index (χ2v) is 5.04. The lowest BCUT2D eigenvalue weighted by Crippen LogP contribution is -2.43. The molecule has 3 N–H and O–H groups in total.